The van der Waals surface area contributed by atoms with Gasteiger partial charge < -0.3 is 4.42 Å². The molecule has 1 N–H and O–H groups in total. The monoisotopic (exact) mass is 386 g/mol. The zero-order valence-electron chi connectivity index (χ0n) is 15.5. The number of sulfonamides is 1. The molecule has 142 valence electrons. The van der Waals surface area contributed by atoms with Gasteiger partial charge in [0.2, 0.25) is 15.9 Å². The van der Waals surface area contributed by atoms with Gasteiger partial charge in [0.05, 0.1) is 23.2 Å². The lowest BCUT2D eigenvalue weighted by Gasteiger charge is -2.15. The standard InChI is InChI=1S/C19H22N4O3S/c1-14-18(13-23(2)12-15-7-6-10-20-11-15)21-19(26-14)16-8-4-5-9-17(16)22-27(3,24)25/h4-11,22H,12-13H2,1-3H3. The van der Waals surface area contributed by atoms with E-state index in [-0.39, 0.29) is 0 Å². The summed E-state index contributed by atoms with van der Waals surface area (Å²) in [7, 11) is -1.40. The number of para-hydroxylation sites is 1. The Labute approximate surface area is 159 Å². The predicted molar refractivity (Wildman–Crippen MR) is 105 cm³/mol. The molecule has 8 heteroatoms. The summed E-state index contributed by atoms with van der Waals surface area (Å²) in [6, 6.07) is 11.0. The molecule has 0 spiro atoms. The van der Waals surface area contributed by atoms with Gasteiger partial charge in [-0.2, -0.15) is 0 Å². The normalized spacial score (nSPS) is 11.7. The van der Waals surface area contributed by atoms with Crippen molar-refractivity contribution in [1.82, 2.24) is 14.9 Å². The van der Waals surface area contributed by atoms with Crippen molar-refractivity contribution in [3.8, 4) is 11.5 Å². The van der Waals surface area contributed by atoms with Crippen LogP contribution >= 0.6 is 0 Å². The molecule has 2 heterocycles. The molecule has 3 aromatic rings. The van der Waals surface area contributed by atoms with Gasteiger partial charge in [0.25, 0.3) is 0 Å². The van der Waals surface area contributed by atoms with Gasteiger partial charge in [0, 0.05) is 25.5 Å². The lowest BCUT2D eigenvalue weighted by molar-refractivity contribution is 0.313. The van der Waals surface area contributed by atoms with E-state index in [9.17, 15) is 8.42 Å². The Morgan fingerprint density at radius 3 is 2.63 bits per heavy atom. The van der Waals surface area contributed by atoms with Gasteiger partial charge in [-0.3, -0.25) is 14.6 Å². The fraction of sp³-hybridized carbons (Fsp3) is 0.263. The third kappa shape index (κ3) is 5.15. The van der Waals surface area contributed by atoms with Crippen molar-refractivity contribution >= 4 is 15.7 Å². The van der Waals surface area contributed by atoms with E-state index in [0.29, 0.717) is 29.4 Å². The first-order valence-corrected chi connectivity index (χ1v) is 10.3. The van der Waals surface area contributed by atoms with Gasteiger partial charge in [-0.15, -0.1) is 0 Å². The minimum atomic E-state index is -3.40. The number of pyridine rings is 1. The van der Waals surface area contributed by atoms with Crippen LogP contribution in [0.5, 0.6) is 0 Å². The highest BCUT2D eigenvalue weighted by Crippen LogP contribution is 2.29. The molecule has 0 aliphatic carbocycles. The minimum Gasteiger partial charge on any atom is -0.441 e. The van der Waals surface area contributed by atoms with Crippen molar-refractivity contribution in [2.75, 3.05) is 18.0 Å². The third-order valence-corrected chi connectivity index (χ3v) is 4.53. The summed E-state index contributed by atoms with van der Waals surface area (Å²) in [4.78, 5) is 10.8. The topological polar surface area (TPSA) is 88.3 Å². The minimum absolute atomic E-state index is 0.393. The Bertz CT molecular complexity index is 1020. The average molecular weight is 386 g/mol. The Balaban J connectivity index is 1.81. The molecule has 0 fully saturated rings. The molecule has 0 unspecified atom stereocenters. The number of aryl methyl sites for hydroxylation is 1. The summed E-state index contributed by atoms with van der Waals surface area (Å²) in [6.45, 7) is 3.20. The molecular weight excluding hydrogens is 364 g/mol. The fourth-order valence-corrected chi connectivity index (χ4v) is 3.34. The van der Waals surface area contributed by atoms with Crippen LogP contribution in [0.2, 0.25) is 0 Å². The fourth-order valence-electron chi connectivity index (χ4n) is 2.76. The summed E-state index contributed by atoms with van der Waals surface area (Å²) in [5.74, 6) is 1.10. The Hall–Kier alpha value is -2.71. The van der Waals surface area contributed by atoms with Crippen molar-refractivity contribution in [2.24, 2.45) is 0 Å². The molecule has 0 amide bonds. The summed E-state index contributed by atoms with van der Waals surface area (Å²) in [6.07, 6.45) is 4.70. The molecule has 0 radical (unpaired) electrons. The highest BCUT2D eigenvalue weighted by Gasteiger charge is 2.17. The van der Waals surface area contributed by atoms with E-state index >= 15 is 0 Å². The molecular formula is C19H22N4O3S. The number of anilines is 1. The van der Waals surface area contributed by atoms with Gasteiger partial charge in [-0.1, -0.05) is 18.2 Å². The maximum atomic E-state index is 11.6. The molecule has 1 aromatic carbocycles. The van der Waals surface area contributed by atoms with E-state index in [1.54, 1.807) is 24.4 Å². The number of hydrogen-bond donors (Lipinski definition) is 1. The molecule has 0 saturated carbocycles. The van der Waals surface area contributed by atoms with Crippen molar-refractivity contribution < 1.29 is 12.8 Å². The number of nitrogens with zero attached hydrogens (tertiary/aromatic N) is 3. The van der Waals surface area contributed by atoms with Gasteiger partial charge in [-0.25, -0.2) is 13.4 Å². The average Bonchev–Trinajstić information content (AvgIpc) is 2.95. The molecule has 27 heavy (non-hydrogen) atoms. The van der Waals surface area contributed by atoms with Crippen LogP contribution in [0.15, 0.2) is 53.2 Å². The second-order valence-electron chi connectivity index (χ2n) is 6.48. The highest BCUT2D eigenvalue weighted by molar-refractivity contribution is 7.92. The molecule has 7 nitrogen and oxygen atoms in total. The number of nitrogens with one attached hydrogen (secondary N) is 1. The first-order chi connectivity index (χ1) is 12.8. The Morgan fingerprint density at radius 1 is 1.15 bits per heavy atom. The van der Waals surface area contributed by atoms with Crippen LogP contribution in [0.3, 0.4) is 0 Å². The van der Waals surface area contributed by atoms with Crippen LogP contribution in [0, 0.1) is 6.92 Å². The number of hydrogen-bond acceptors (Lipinski definition) is 6. The van der Waals surface area contributed by atoms with Gasteiger partial charge in [0.15, 0.2) is 0 Å². The molecule has 0 aliphatic heterocycles. The second kappa shape index (κ2) is 7.89. The maximum Gasteiger partial charge on any atom is 0.229 e. The number of oxazole rings is 1. The number of rotatable bonds is 7. The van der Waals surface area contributed by atoms with Gasteiger partial charge in [0.1, 0.15) is 5.76 Å². The van der Waals surface area contributed by atoms with E-state index in [2.05, 4.69) is 19.6 Å². The quantitative estimate of drug-likeness (QED) is 0.671. The van der Waals surface area contributed by atoms with Crippen molar-refractivity contribution in [3.63, 3.8) is 0 Å². The zero-order chi connectivity index (χ0) is 19.4. The van der Waals surface area contributed by atoms with E-state index in [1.807, 2.05) is 38.4 Å². The lowest BCUT2D eigenvalue weighted by Crippen LogP contribution is -2.18. The maximum absolute atomic E-state index is 11.6. The van der Waals surface area contributed by atoms with Crippen molar-refractivity contribution in [1.29, 1.82) is 0 Å². The van der Waals surface area contributed by atoms with Crippen molar-refractivity contribution in [2.45, 2.75) is 20.0 Å². The zero-order valence-corrected chi connectivity index (χ0v) is 16.3. The van der Waals surface area contributed by atoms with E-state index in [1.165, 1.54) is 0 Å². The highest BCUT2D eigenvalue weighted by atomic mass is 32.2. The molecule has 0 saturated heterocycles. The molecule has 0 aliphatic rings. The predicted octanol–water partition coefficient (Wildman–Crippen LogP) is 3.05. The van der Waals surface area contributed by atoms with Crippen LogP contribution < -0.4 is 4.72 Å². The van der Waals surface area contributed by atoms with E-state index in [0.717, 1.165) is 24.1 Å². The summed E-state index contributed by atoms with van der Waals surface area (Å²) >= 11 is 0. The summed E-state index contributed by atoms with van der Waals surface area (Å²) in [5.41, 5.74) is 2.97. The molecule has 0 atom stereocenters. The molecule has 0 bridgehead atoms. The Kier molecular flexibility index (Phi) is 5.57. The smallest absolute Gasteiger partial charge is 0.229 e. The Morgan fingerprint density at radius 2 is 1.93 bits per heavy atom. The summed E-state index contributed by atoms with van der Waals surface area (Å²) < 4.78 is 31.5. The van der Waals surface area contributed by atoms with Crippen LogP contribution in [-0.2, 0) is 23.1 Å². The molecule has 2 aromatic heterocycles. The number of aromatic nitrogens is 2. The number of benzene rings is 1. The van der Waals surface area contributed by atoms with E-state index < -0.39 is 10.0 Å². The first-order valence-electron chi connectivity index (χ1n) is 8.43. The van der Waals surface area contributed by atoms with Crippen LogP contribution in [0.25, 0.3) is 11.5 Å². The second-order valence-corrected chi connectivity index (χ2v) is 8.22. The summed E-state index contributed by atoms with van der Waals surface area (Å²) in [5, 5.41) is 0. The lowest BCUT2D eigenvalue weighted by atomic mass is 10.2. The largest absolute Gasteiger partial charge is 0.441 e. The SMILES string of the molecule is Cc1oc(-c2ccccc2NS(C)(=O)=O)nc1CN(C)Cc1cccnc1. The third-order valence-electron chi connectivity index (χ3n) is 3.94. The van der Waals surface area contributed by atoms with Gasteiger partial charge >= 0.3 is 0 Å². The van der Waals surface area contributed by atoms with Crippen LogP contribution in [-0.4, -0.2) is 36.6 Å². The van der Waals surface area contributed by atoms with E-state index in [4.69, 9.17) is 4.42 Å². The van der Waals surface area contributed by atoms with Gasteiger partial charge in [-0.05, 0) is 37.7 Å². The van der Waals surface area contributed by atoms with Crippen LogP contribution in [0.1, 0.15) is 17.0 Å². The molecule has 3 rings (SSSR count). The van der Waals surface area contributed by atoms with Crippen molar-refractivity contribution in [3.05, 3.63) is 65.8 Å². The first kappa shape index (κ1) is 19.1. The van der Waals surface area contributed by atoms with Crippen LogP contribution in [0.4, 0.5) is 5.69 Å².